The van der Waals surface area contributed by atoms with Gasteiger partial charge in [0.05, 0.1) is 12.2 Å². The molecule has 2 aromatic rings. The van der Waals surface area contributed by atoms with Gasteiger partial charge in [0.25, 0.3) is 5.91 Å². The Labute approximate surface area is 155 Å². The van der Waals surface area contributed by atoms with Crippen LogP contribution in [0.3, 0.4) is 0 Å². The zero-order valence-corrected chi connectivity index (χ0v) is 15.9. The van der Waals surface area contributed by atoms with E-state index in [2.05, 4.69) is 5.32 Å². The van der Waals surface area contributed by atoms with Gasteiger partial charge in [-0.25, -0.2) is 4.79 Å². The molecular weight excluding hydrogens is 362 g/mol. The maximum atomic E-state index is 12.2. The number of esters is 1. The highest BCUT2D eigenvalue weighted by atomic mass is 35.5. The van der Waals surface area contributed by atoms with Gasteiger partial charge in [0.2, 0.25) is 0 Å². The molecule has 1 N–H and O–H groups in total. The Morgan fingerprint density at radius 1 is 1.24 bits per heavy atom. The number of carbonyl (C=O) groups is 2. The fraction of sp³-hybridized carbons (Fsp3) is 0.333. The molecule has 0 aliphatic carbocycles. The Kier molecular flexibility index (Phi) is 6.84. The number of rotatable bonds is 7. The zero-order chi connectivity index (χ0) is 18.4. The Balaban J connectivity index is 2.03. The topological polar surface area (TPSA) is 64.6 Å². The normalized spacial score (nSPS) is 10.4. The number of thiophene rings is 1. The van der Waals surface area contributed by atoms with Crippen molar-refractivity contribution >= 4 is 39.8 Å². The van der Waals surface area contributed by atoms with Gasteiger partial charge in [0.1, 0.15) is 10.8 Å². The van der Waals surface area contributed by atoms with Crippen molar-refractivity contribution in [3.05, 3.63) is 45.3 Å². The van der Waals surface area contributed by atoms with E-state index in [9.17, 15) is 9.59 Å². The molecular formula is C18H20ClNO4S. The van der Waals surface area contributed by atoms with Gasteiger partial charge in [-0.3, -0.25) is 4.79 Å². The SMILES string of the molecule is CCOC(=O)c1cc(CC)sc1NC(=O)COc1ccc(Cl)c(C)c1. The van der Waals surface area contributed by atoms with Gasteiger partial charge in [-0.2, -0.15) is 0 Å². The lowest BCUT2D eigenvalue weighted by molar-refractivity contribution is -0.118. The number of aryl methyl sites for hydroxylation is 2. The maximum absolute atomic E-state index is 12.2. The van der Waals surface area contributed by atoms with E-state index < -0.39 is 5.97 Å². The number of anilines is 1. The molecule has 1 amide bonds. The van der Waals surface area contributed by atoms with Crippen LogP contribution in [0.2, 0.25) is 5.02 Å². The van der Waals surface area contributed by atoms with Crippen LogP contribution in [0.25, 0.3) is 0 Å². The lowest BCUT2D eigenvalue weighted by Gasteiger charge is -2.09. The first kappa shape index (κ1) is 19.3. The summed E-state index contributed by atoms with van der Waals surface area (Å²) in [4.78, 5) is 25.2. The highest BCUT2D eigenvalue weighted by Gasteiger charge is 2.18. The molecule has 2 rings (SSSR count). The molecule has 0 fully saturated rings. The second-order valence-electron chi connectivity index (χ2n) is 5.28. The third kappa shape index (κ3) is 5.21. The molecule has 0 unspecified atom stereocenters. The molecule has 1 heterocycles. The molecule has 1 aromatic heterocycles. The molecule has 0 saturated heterocycles. The van der Waals surface area contributed by atoms with Gasteiger partial charge in [0, 0.05) is 9.90 Å². The molecule has 0 saturated carbocycles. The van der Waals surface area contributed by atoms with Crippen LogP contribution >= 0.6 is 22.9 Å². The molecule has 0 bridgehead atoms. The first-order valence-electron chi connectivity index (χ1n) is 7.93. The minimum Gasteiger partial charge on any atom is -0.484 e. The molecule has 5 nitrogen and oxygen atoms in total. The quantitative estimate of drug-likeness (QED) is 0.719. The van der Waals surface area contributed by atoms with Gasteiger partial charge < -0.3 is 14.8 Å². The number of benzene rings is 1. The molecule has 0 spiro atoms. The Bertz CT molecular complexity index is 772. The molecule has 7 heteroatoms. The summed E-state index contributed by atoms with van der Waals surface area (Å²) < 4.78 is 10.5. The van der Waals surface area contributed by atoms with E-state index in [1.165, 1.54) is 11.3 Å². The molecule has 0 aliphatic rings. The largest absolute Gasteiger partial charge is 0.484 e. The van der Waals surface area contributed by atoms with Crippen molar-refractivity contribution in [3.63, 3.8) is 0 Å². The van der Waals surface area contributed by atoms with E-state index in [4.69, 9.17) is 21.1 Å². The minimum absolute atomic E-state index is 0.164. The van der Waals surface area contributed by atoms with Crippen molar-refractivity contribution in [1.29, 1.82) is 0 Å². The van der Waals surface area contributed by atoms with Crippen LogP contribution in [0, 0.1) is 6.92 Å². The van der Waals surface area contributed by atoms with Crippen molar-refractivity contribution in [2.24, 2.45) is 0 Å². The van der Waals surface area contributed by atoms with E-state index in [0.29, 0.717) is 21.3 Å². The number of ether oxygens (including phenoxy) is 2. The summed E-state index contributed by atoms with van der Waals surface area (Å²) in [6, 6.07) is 6.93. The van der Waals surface area contributed by atoms with Crippen LogP contribution < -0.4 is 10.1 Å². The number of hydrogen-bond acceptors (Lipinski definition) is 5. The van der Waals surface area contributed by atoms with Crippen LogP contribution in [0.1, 0.15) is 34.6 Å². The Morgan fingerprint density at radius 2 is 2.00 bits per heavy atom. The second-order valence-corrected chi connectivity index (χ2v) is 6.82. The predicted octanol–water partition coefficient (Wildman–Crippen LogP) is 4.47. The van der Waals surface area contributed by atoms with Crippen molar-refractivity contribution in [1.82, 2.24) is 0 Å². The summed E-state index contributed by atoms with van der Waals surface area (Å²) >= 11 is 7.32. The van der Waals surface area contributed by atoms with Gasteiger partial charge in [-0.05, 0) is 50.1 Å². The van der Waals surface area contributed by atoms with Gasteiger partial charge in [0.15, 0.2) is 6.61 Å². The van der Waals surface area contributed by atoms with E-state index >= 15 is 0 Å². The predicted molar refractivity (Wildman–Crippen MR) is 100.0 cm³/mol. The standard InChI is InChI=1S/C18H20ClNO4S/c1-4-13-9-14(18(22)23-5-2)17(25-13)20-16(21)10-24-12-6-7-15(19)11(3)8-12/h6-9H,4-5,10H2,1-3H3,(H,20,21). The lowest BCUT2D eigenvalue weighted by atomic mass is 10.2. The van der Waals surface area contributed by atoms with Crippen molar-refractivity contribution in [2.75, 3.05) is 18.5 Å². The Morgan fingerprint density at radius 3 is 2.64 bits per heavy atom. The summed E-state index contributed by atoms with van der Waals surface area (Å²) in [5.41, 5.74) is 1.24. The van der Waals surface area contributed by atoms with Gasteiger partial charge in [-0.15, -0.1) is 11.3 Å². The van der Waals surface area contributed by atoms with Crippen molar-refractivity contribution in [3.8, 4) is 5.75 Å². The maximum Gasteiger partial charge on any atom is 0.341 e. The zero-order valence-electron chi connectivity index (χ0n) is 14.3. The number of carbonyl (C=O) groups excluding carboxylic acids is 2. The smallest absolute Gasteiger partial charge is 0.341 e. The third-order valence-corrected chi connectivity index (χ3v) is 5.00. The molecule has 1 aromatic carbocycles. The van der Waals surface area contributed by atoms with Crippen LogP contribution in [0.4, 0.5) is 5.00 Å². The molecule has 0 atom stereocenters. The van der Waals surface area contributed by atoms with E-state index in [1.807, 2.05) is 13.8 Å². The third-order valence-electron chi connectivity index (χ3n) is 3.38. The average molecular weight is 382 g/mol. The summed E-state index contributed by atoms with van der Waals surface area (Å²) in [6.07, 6.45) is 0.771. The van der Waals surface area contributed by atoms with Gasteiger partial charge in [-0.1, -0.05) is 18.5 Å². The van der Waals surface area contributed by atoms with Crippen LogP contribution in [0.5, 0.6) is 5.75 Å². The summed E-state index contributed by atoms with van der Waals surface area (Å²) in [7, 11) is 0. The number of nitrogens with one attached hydrogen (secondary N) is 1. The number of hydrogen-bond donors (Lipinski definition) is 1. The fourth-order valence-corrected chi connectivity index (χ4v) is 3.21. The summed E-state index contributed by atoms with van der Waals surface area (Å²) in [5, 5.41) is 3.85. The average Bonchev–Trinajstić information content (AvgIpc) is 2.99. The van der Waals surface area contributed by atoms with E-state index in [1.54, 1.807) is 31.2 Å². The second kappa shape index (κ2) is 8.87. The highest BCUT2D eigenvalue weighted by Crippen LogP contribution is 2.29. The van der Waals surface area contributed by atoms with Crippen LogP contribution in [-0.4, -0.2) is 25.1 Å². The number of halogens is 1. The summed E-state index contributed by atoms with van der Waals surface area (Å²) in [6.45, 7) is 5.70. The molecule has 25 heavy (non-hydrogen) atoms. The molecule has 134 valence electrons. The molecule has 0 radical (unpaired) electrons. The van der Waals surface area contributed by atoms with Crippen LogP contribution in [-0.2, 0) is 16.0 Å². The Hall–Kier alpha value is -2.05. The molecule has 0 aliphatic heterocycles. The van der Waals surface area contributed by atoms with Crippen LogP contribution in [0.15, 0.2) is 24.3 Å². The van der Waals surface area contributed by atoms with Crippen molar-refractivity contribution in [2.45, 2.75) is 27.2 Å². The van der Waals surface area contributed by atoms with E-state index in [0.717, 1.165) is 16.9 Å². The fourth-order valence-electron chi connectivity index (χ4n) is 2.09. The van der Waals surface area contributed by atoms with E-state index in [-0.39, 0.29) is 19.1 Å². The van der Waals surface area contributed by atoms with Gasteiger partial charge >= 0.3 is 5.97 Å². The monoisotopic (exact) mass is 381 g/mol. The highest BCUT2D eigenvalue weighted by molar-refractivity contribution is 7.16. The van der Waals surface area contributed by atoms with Crippen molar-refractivity contribution < 1.29 is 19.1 Å². The first-order chi connectivity index (χ1) is 11.9. The minimum atomic E-state index is -0.442. The first-order valence-corrected chi connectivity index (χ1v) is 9.12. The summed E-state index contributed by atoms with van der Waals surface area (Å²) in [5.74, 6) is -0.228. The lowest BCUT2D eigenvalue weighted by Crippen LogP contribution is -2.21. The number of amides is 1.